The van der Waals surface area contributed by atoms with E-state index in [2.05, 4.69) is 20.9 Å². The lowest BCUT2D eigenvalue weighted by Crippen LogP contribution is -2.33. The SMILES string of the molecule is O=C(OCc1nccc[n+]1[O-])c1ccc(Br)s1. The third kappa shape index (κ3) is 3.01. The first-order chi connectivity index (χ1) is 8.16. The number of carbonyl (C=O) groups is 1. The molecule has 7 heteroatoms. The molecule has 0 fully saturated rings. The van der Waals surface area contributed by atoms with Crippen LogP contribution in [0.25, 0.3) is 0 Å². The molecule has 0 atom stereocenters. The minimum Gasteiger partial charge on any atom is -0.711 e. The van der Waals surface area contributed by atoms with Crippen LogP contribution < -0.4 is 4.73 Å². The zero-order chi connectivity index (χ0) is 12.3. The van der Waals surface area contributed by atoms with Gasteiger partial charge in [0.25, 0.3) is 0 Å². The maximum atomic E-state index is 11.6. The zero-order valence-electron chi connectivity index (χ0n) is 8.50. The molecule has 0 spiro atoms. The van der Waals surface area contributed by atoms with Crippen molar-refractivity contribution in [1.82, 2.24) is 4.98 Å². The van der Waals surface area contributed by atoms with Crippen molar-refractivity contribution in [2.24, 2.45) is 0 Å². The topological polar surface area (TPSA) is 66.1 Å². The number of nitrogens with zero attached hydrogens (tertiary/aromatic N) is 2. The fourth-order valence-corrected chi connectivity index (χ4v) is 2.39. The van der Waals surface area contributed by atoms with Crippen LogP contribution in [0.2, 0.25) is 0 Å². The highest BCUT2D eigenvalue weighted by molar-refractivity contribution is 9.11. The molecule has 0 aliphatic carbocycles. The molecule has 17 heavy (non-hydrogen) atoms. The van der Waals surface area contributed by atoms with Crippen LogP contribution in [0.3, 0.4) is 0 Å². The predicted octanol–water partition coefficient (Wildman–Crippen LogP) is 1.90. The van der Waals surface area contributed by atoms with Crippen LogP contribution in [-0.4, -0.2) is 11.0 Å². The fourth-order valence-electron chi connectivity index (χ4n) is 1.11. The second kappa shape index (κ2) is 5.24. The molecule has 0 N–H and O–H groups in total. The largest absolute Gasteiger partial charge is 0.711 e. The number of thiophene rings is 1. The van der Waals surface area contributed by atoms with E-state index in [-0.39, 0.29) is 12.4 Å². The van der Waals surface area contributed by atoms with Crippen molar-refractivity contribution < 1.29 is 14.3 Å². The number of halogens is 1. The number of hydrogen-bond donors (Lipinski definition) is 0. The van der Waals surface area contributed by atoms with Gasteiger partial charge in [-0.1, -0.05) is 0 Å². The van der Waals surface area contributed by atoms with E-state index >= 15 is 0 Å². The molecule has 0 radical (unpaired) electrons. The van der Waals surface area contributed by atoms with E-state index in [9.17, 15) is 10.0 Å². The molecule has 2 aromatic rings. The Balaban J connectivity index is 1.99. The lowest BCUT2D eigenvalue weighted by Gasteiger charge is -2.04. The van der Waals surface area contributed by atoms with Gasteiger partial charge in [0.05, 0.1) is 9.98 Å². The van der Waals surface area contributed by atoms with Crippen LogP contribution in [0.1, 0.15) is 15.5 Å². The molecule has 5 nitrogen and oxygen atoms in total. The molecule has 0 aliphatic heterocycles. The van der Waals surface area contributed by atoms with Crippen LogP contribution in [0, 0.1) is 5.21 Å². The summed E-state index contributed by atoms with van der Waals surface area (Å²) >= 11 is 4.52. The summed E-state index contributed by atoms with van der Waals surface area (Å²) in [5, 5.41) is 11.2. The predicted molar refractivity (Wildman–Crippen MR) is 64.3 cm³/mol. The van der Waals surface area contributed by atoms with Crippen LogP contribution in [-0.2, 0) is 11.3 Å². The van der Waals surface area contributed by atoms with E-state index in [0.29, 0.717) is 9.61 Å². The zero-order valence-corrected chi connectivity index (χ0v) is 10.9. The van der Waals surface area contributed by atoms with Gasteiger partial charge in [0.15, 0.2) is 6.61 Å². The van der Waals surface area contributed by atoms with Gasteiger partial charge in [0.1, 0.15) is 11.1 Å². The second-order valence-electron chi connectivity index (χ2n) is 3.04. The van der Waals surface area contributed by atoms with Gasteiger partial charge in [-0.3, -0.25) is 0 Å². The first-order valence-electron chi connectivity index (χ1n) is 4.62. The highest BCUT2D eigenvalue weighted by atomic mass is 79.9. The minimum absolute atomic E-state index is 0.140. The van der Waals surface area contributed by atoms with Gasteiger partial charge < -0.3 is 9.94 Å². The van der Waals surface area contributed by atoms with Crippen LogP contribution in [0.4, 0.5) is 0 Å². The average Bonchev–Trinajstić information content (AvgIpc) is 2.74. The van der Waals surface area contributed by atoms with E-state index in [0.717, 1.165) is 3.79 Å². The summed E-state index contributed by atoms with van der Waals surface area (Å²) in [6.45, 7) is -0.140. The van der Waals surface area contributed by atoms with Crippen molar-refractivity contribution in [3.63, 3.8) is 0 Å². The maximum Gasteiger partial charge on any atom is 0.348 e. The number of rotatable bonds is 3. The third-order valence-electron chi connectivity index (χ3n) is 1.89. The molecule has 2 rings (SSSR count). The molecular formula is C10H7BrN2O3S. The molecule has 0 saturated heterocycles. The average molecular weight is 315 g/mol. The summed E-state index contributed by atoms with van der Waals surface area (Å²) in [4.78, 5) is 15.9. The first kappa shape index (κ1) is 12.0. The van der Waals surface area contributed by atoms with E-state index < -0.39 is 5.97 Å². The molecule has 0 aromatic carbocycles. The quantitative estimate of drug-likeness (QED) is 0.493. The van der Waals surface area contributed by atoms with Crippen LogP contribution in [0.15, 0.2) is 34.4 Å². The molecule has 0 unspecified atom stereocenters. The van der Waals surface area contributed by atoms with Crippen molar-refractivity contribution in [3.8, 4) is 0 Å². The number of carbonyl (C=O) groups excluding carboxylic acids is 1. The van der Waals surface area contributed by atoms with E-state index in [1.165, 1.54) is 29.8 Å². The Morgan fingerprint density at radius 3 is 3.06 bits per heavy atom. The smallest absolute Gasteiger partial charge is 0.348 e. The van der Waals surface area contributed by atoms with Crippen molar-refractivity contribution >= 4 is 33.2 Å². The van der Waals surface area contributed by atoms with Crippen LogP contribution in [0.5, 0.6) is 0 Å². The molecule has 2 heterocycles. The van der Waals surface area contributed by atoms with Crippen molar-refractivity contribution in [2.75, 3.05) is 0 Å². The van der Waals surface area contributed by atoms with Crippen molar-refractivity contribution in [1.29, 1.82) is 0 Å². The standard InChI is InChI=1S/C10H7BrN2O3S/c11-8-3-2-7(17-8)10(14)16-6-9-12-4-1-5-13(9)15/h1-5H,6H2. The lowest BCUT2D eigenvalue weighted by atomic mass is 10.5. The Kier molecular flexibility index (Phi) is 3.70. The highest BCUT2D eigenvalue weighted by Crippen LogP contribution is 2.22. The monoisotopic (exact) mass is 314 g/mol. The van der Waals surface area contributed by atoms with E-state index in [1.54, 1.807) is 12.1 Å². The summed E-state index contributed by atoms with van der Waals surface area (Å²) in [5.41, 5.74) is 0. The third-order valence-corrected chi connectivity index (χ3v) is 3.50. The summed E-state index contributed by atoms with van der Waals surface area (Å²) in [7, 11) is 0. The Bertz CT molecular complexity index is 544. The molecule has 0 saturated carbocycles. The van der Waals surface area contributed by atoms with Gasteiger partial charge in [-0.25, -0.2) is 9.52 Å². The summed E-state index contributed by atoms with van der Waals surface area (Å²) < 4.78 is 6.39. The highest BCUT2D eigenvalue weighted by Gasteiger charge is 2.13. The van der Waals surface area contributed by atoms with Crippen molar-refractivity contribution in [3.05, 3.63) is 50.3 Å². The summed E-state index contributed by atoms with van der Waals surface area (Å²) in [5.74, 6) is -0.317. The molecule has 0 amide bonds. The van der Waals surface area contributed by atoms with E-state index in [4.69, 9.17) is 4.74 Å². The Hall–Kier alpha value is -1.47. The van der Waals surface area contributed by atoms with Gasteiger partial charge in [0.2, 0.25) is 0 Å². The normalized spacial score (nSPS) is 10.2. The van der Waals surface area contributed by atoms with Gasteiger partial charge in [-0.2, -0.15) is 0 Å². The Morgan fingerprint density at radius 2 is 2.41 bits per heavy atom. The number of ether oxygens (including phenoxy) is 1. The summed E-state index contributed by atoms with van der Waals surface area (Å²) in [6, 6.07) is 4.92. The number of aromatic nitrogens is 2. The van der Waals surface area contributed by atoms with Gasteiger partial charge >= 0.3 is 11.8 Å². The van der Waals surface area contributed by atoms with Gasteiger partial charge in [-0.05, 0) is 33.0 Å². The van der Waals surface area contributed by atoms with Crippen molar-refractivity contribution in [2.45, 2.75) is 6.61 Å². The molecule has 88 valence electrons. The van der Waals surface area contributed by atoms with Crippen LogP contribution >= 0.6 is 27.3 Å². The van der Waals surface area contributed by atoms with Gasteiger partial charge in [0, 0.05) is 6.07 Å². The number of hydrogen-bond acceptors (Lipinski definition) is 5. The molecule has 2 aromatic heterocycles. The van der Waals surface area contributed by atoms with E-state index in [1.807, 2.05) is 0 Å². The van der Waals surface area contributed by atoms with Gasteiger partial charge in [-0.15, -0.1) is 11.3 Å². The lowest BCUT2D eigenvalue weighted by molar-refractivity contribution is -0.620. The Labute approximate surface area is 109 Å². The first-order valence-corrected chi connectivity index (χ1v) is 6.23. The number of esters is 1. The Morgan fingerprint density at radius 1 is 1.59 bits per heavy atom. The maximum absolute atomic E-state index is 11.6. The molecule has 0 bridgehead atoms. The molecule has 0 aliphatic rings. The fraction of sp³-hybridized carbons (Fsp3) is 0.100. The summed E-state index contributed by atoms with van der Waals surface area (Å²) in [6.07, 6.45) is 2.77. The second-order valence-corrected chi connectivity index (χ2v) is 5.50. The molecular weight excluding hydrogens is 308 g/mol. The minimum atomic E-state index is -0.466.